The van der Waals surface area contributed by atoms with E-state index in [0.29, 0.717) is 0 Å². The monoisotopic (exact) mass is 574 g/mol. The first-order chi connectivity index (χ1) is 15.1. The van der Waals surface area contributed by atoms with Crippen molar-refractivity contribution in [3.63, 3.8) is 0 Å². The summed E-state index contributed by atoms with van der Waals surface area (Å²) >= 11 is 0.0736. The van der Waals surface area contributed by atoms with Crippen molar-refractivity contribution in [3.05, 3.63) is 0 Å². The Labute approximate surface area is 203 Å². The van der Waals surface area contributed by atoms with Crippen LogP contribution in [-0.4, -0.2) is 54.8 Å². The Morgan fingerprint density at radius 3 is 1.16 bits per heavy atom. The fourth-order valence-corrected chi connectivity index (χ4v) is 7.08. The average molecular weight is 573 g/mol. The van der Waals surface area contributed by atoms with Crippen molar-refractivity contribution in [3.8, 4) is 0 Å². The van der Waals surface area contributed by atoms with Crippen molar-refractivity contribution < 1.29 is 33.2 Å². The van der Waals surface area contributed by atoms with Crippen molar-refractivity contribution in [2.24, 2.45) is 0 Å². The molecular formula is C22H50O7SiSn. The molecule has 0 atom stereocenters. The van der Waals surface area contributed by atoms with Crippen molar-refractivity contribution in [1.29, 1.82) is 0 Å². The standard InChI is InChI=1S/2C8H17.C6H16O7Si.Sn/c2*1-3-5-7-8-6-4-2;1-4-8-11-14(7,12-9-5-2)13-10-6-3;/h2*1,3-8H2,2H3;7H,4-6H2,1-3H3;. The van der Waals surface area contributed by atoms with Gasteiger partial charge in [-0.15, -0.1) is 0 Å². The summed E-state index contributed by atoms with van der Waals surface area (Å²) in [4.78, 5) is 23.0. The summed E-state index contributed by atoms with van der Waals surface area (Å²) in [7, 11) is -3.98. The first kappa shape index (κ1) is 33.9. The fraction of sp³-hybridized carbons (Fsp3) is 1.00. The molecule has 0 bridgehead atoms. The molecule has 2 radical (unpaired) electrons. The summed E-state index contributed by atoms with van der Waals surface area (Å²) in [5.74, 6) is 0. The van der Waals surface area contributed by atoms with E-state index in [9.17, 15) is 4.80 Å². The van der Waals surface area contributed by atoms with E-state index in [1.54, 1.807) is 42.5 Å². The molecule has 1 N–H and O–H groups in total. The second-order valence-corrected chi connectivity index (χ2v) is 13.1. The minimum absolute atomic E-state index is 0.0736. The molecule has 0 spiro atoms. The maximum Gasteiger partial charge on any atom is 0.761 e. The van der Waals surface area contributed by atoms with Crippen molar-refractivity contribution in [2.45, 2.75) is 121 Å². The zero-order valence-electron chi connectivity index (χ0n) is 20.9. The first-order valence-electron chi connectivity index (χ1n) is 12.4. The van der Waals surface area contributed by atoms with Crippen LogP contribution in [0, 0.1) is 0 Å². The van der Waals surface area contributed by atoms with Crippen LogP contribution in [0.4, 0.5) is 0 Å². The Morgan fingerprint density at radius 1 is 0.516 bits per heavy atom. The van der Waals surface area contributed by atoms with E-state index in [1.165, 1.54) is 64.2 Å². The number of hydrogen-bond acceptors (Lipinski definition) is 7. The molecule has 0 unspecified atom stereocenters. The largest absolute Gasteiger partial charge is 0.761 e. The zero-order chi connectivity index (χ0) is 23.5. The summed E-state index contributed by atoms with van der Waals surface area (Å²) in [6.45, 7) is 10.3. The normalized spacial score (nSPS) is 11.4. The van der Waals surface area contributed by atoms with Gasteiger partial charge in [-0.1, -0.05) is 0 Å². The van der Waals surface area contributed by atoms with Gasteiger partial charge >= 0.3 is 130 Å². The van der Waals surface area contributed by atoms with Crippen LogP contribution in [0.2, 0.25) is 8.87 Å². The maximum atomic E-state index is 9.50. The SMILES string of the molecule is CCCCCCC[CH2][Sn][CH2]CCCCCCC.CCOO[Si](O)(OOCC)OOCC. The average Bonchev–Trinajstić information content (AvgIpc) is 2.78. The fourth-order valence-electron chi connectivity index (χ4n) is 2.63. The number of hydrogen-bond donors (Lipinski definition) is 1. The third-order valence-corrected chi connectivity index (χ3v) is 9.28. The van der Waals surface area contributed by atoms with Crippen LogP contribution in [0.1, 0.15) is 112 Å². The van der Waals surface area contributed by atoms with Gasteiger partial charge in [0.2, 0.25) is 0 Å². The molecule has 0 aromatic carbocycles. The summed E-state index contributed by atoms with van der Waals surface area (Å²) < 4.78 is 16.8. The second-order valence-electron chi connectivity index (χ2n) is 7.28. The second kappa shape index (κ2) is 28.8. The maximum absolute atomic E-state index is 9.50. The van der Waals surface area contributed by atoms with Crippen LogP contribution in [0.25, 0.3) is 0 Å². The topological polar surface area (TPSA) is 75.6 Å². The molecule has 9 heteroatoms. The molecule has 0 fully saturated rings. The van der Waals surface area contributed by atoms with Gasteiger partial charge in [-0.05, 0) is 20.8 Å². The van der Waals surface area contributed by atoms with Gasteiger partial charge in [0, 0.05) is 0 Å². The Morgan fingerprint density at radius 2 is 0.839 bits per heavy atom. The predicted octanol–water partition coefficient (Wildman–Crippen LogP) is 6.57. The van der Waals surface area contributed by atoms with Crippen LogP contribution in [-0.2, 0) is 28.4 Å². The minimum Gasteiger partial charge on any atom is -0.363 e. The van der Waals surface area contributed by atoms with E-state index in [-0.39, 0.29) is 41.0 Å². The van der Waals surface area contributed by atoms with Gasteiger partial charge in [-0.3, -0.25) is 0 Å². The Kier molecular flexibility index (Phi) is 31.5. The Bertz CT molecular complexity index is 292. The van der Waals surface area contributed by atoms with E-state index in [0.717, 1.165) is 0 Å². The van der Waals surface area contributed by atoms with E-state index >= 15 is 0 Å². The molecule has 0 saturated carbocycles. The molecule has 0 saturated heterocycles. The van der Waals surface area contributed by atoms with Gasteiger partial charge in [0.1, 0.15) is 0 Å². The number of unbranched alkanes of at least 4 members (excludes halogenated alkanes) is 10. The van der Waals surface area contributed by atoms with Gasteiger partial charge in [-0.25, -0.2) is 14.7 Å². The van der Waals surface area contributed by atoms with Crippen LogP contribution >= 0.6 is 0 Å². The Hall–Kier alpha value is 0.736. The van der Waals surface area contributed by atoms with Crippen molar-refractivity contribution >= 4 is 30.2 Å². The zero-order valence-corrected chi connectivity index (χ0v) is 24.8. The summed E-state index contributed by atoms with van der Waals surface area (Å²) in [6.07, 6.45) is 17.8. The number of rotatable bonds is 23. The van der Waals surface area contributed by atoms with Gasteiger partial charge < -0.3 is 4.80 Å². The molecular weight excluding hydrogens is 523 g/mol. The van der Waals surface area contributed by atoms with E-state index in [4.69, 9.17) is 0 Å². The first-order valence-corrected chi connectivity index (χ1v) is 18.2. The molecule has 0 rings (SSSR count). The molecule has 0 aliphatic heterocycles. The Balaban J connectivity index is 0. The smallest absolute Gasteiger partial charge is 0.363 e. The molecule has 188 valence electrons. The molecule has 31 heavy (non-hydrogen) atoms. The summed E-state index contributed by atoms with van der Waals surface area (Å²) in [5, 5.41) is 0. The molecule has 0 amide bonds. The van der Waals surface area contributed by atoms with Crippen molar-refractivity contribution in [2.75, 3.05) is 19.8 Å². The molecule has 7 nitrogen and oxygen atoms in total. The summed E-state index contributed by atoms with van der Waals surface area (Å²) in [6, 6.07) is 0. The molecule has 0 aliphatic rings. The van der Waals surface area contributed by atoms with Crippen LogP contribution in [0.15, 0.2) is 0 Å². The molecule has 0 aliphatic carbocycles. The van der Waals surface area contributed by atoms with Crippen molar-refractivity contribution in [1.82, 2.24) is 0 Å². The van der Waals surface area contributed by atoms with Crippen LogP contribution in [0.5, 0.6) is 0 Å². The van der Waals surface area contributed by atoms with Gasteiger partial charge in [0.05, 0.1) is 19.8 Å². The van der Waals surface area contributed by atoms with E-state index in [1.807, 2.05) is 0 Å². The van der Waals surface area contributed by atoms with Crippen LogP contribution in [0.3, 0.4) is 0 Å². The van der Waals surface area contributed by atoms with Crippen LogP contribution < -0.4 is 0 Å². The van der Waals surface area contributed by atoms with E-state index < -0.39 is 9.05 Å². The molecule has 0 heterocycles. The molecule has 0 aromatic rings. The summed E-state index contributed by atoms with van der Waals surface area (Å²) in [5.41, 5.74) is 0. The minimum atomic E-state index is -3.98. The third kappa shape index (κ3) is 28.7. The third-order valence-electron chi connectivity index (χ3n) is 4.26. The van der Waals surface area contributed by atoms with Gasteiger partial charge in [-0.2, -0.15) is 13.7 Å². The van der Waals surface area contributed by atoms with E-state index in [2.05, 4.69) is 42.2 Å². The van der Waals surface area contributed by atoms with Gasteiger partial charge in [0.25, 0.3) is 0 Å². The predicted molar refractivity (Wildman–Crippen MR) is 128 cm³/mol. The quantitative estimate of drug-likeness (QED) is 0.0642. The van der Waals surface area contributed by atoms with Gasteiger partial charge in [0.15, 0.2) is 0 Å². The molecule has 0 aromatic heterocycles.